The molecule has 1 aromatic heterocycles. The highest BCUT2D eigenvalue weighted by Crippen LogP contribution is 2.19. The number of aromatic amines is 1. The number of amides is 1. The Morgan fingerprint density at radius 2 is 2.05 bits per heavy atom. The van der Waals surface area contributed by atoms with Crippen LogP contribution in [0.2, 0.25) is 0 Å². The molecule has 0 saturated carbocycles. The van der Waals surface area contributed by atoms with Gasteiger partial charge < -0.3 is 10.4 Å². The van der Waals surface area contributed by atoms with Crippen molar-refractivity contribution in [3.05, 3.63) is 42.1 Å². The zero-order chi connectivity index (χ0) is 15.3. The zero-order valence-electron chi connectivity index (χ0n) is 12.4. The maximum absolute atomic E-state index is 12.1. The third kappa shape index (κ3) is 4.16. The largest absolute Gasteiger partial charge is 0.396 e. The van der Waals surface area contributed by atoms with Crippen molar-refractivity contribution in [1.29, 1.82) is 0 Å². The second-order valence-electron chi connectivity index (χ2n) is 5.85. The predicted octanol–water partition coefficient (Wildman–Crippen LogP) is 2.22. The van der Waals surface area contributed by atoms with E-state index < -0.39 is 0 Å². The smallest absolute Gasteiger partial charge is 0.269 e. The summed E-state index contributed by atoms with van der Waals surface area (Å²) < 4.78 is 0. The summed E-state index contributed by atoms with van der Waals surface area (Å²) in [6, 6.07) is 11.4. The molecule has 0 spiro atoms. The van der Waals surface area contributed by atoms with E-state index in [9.17, 15) is 4.79 Å². The van der Waals surface area contributed by atoms with Gasteiger partial charge in [0.25, 0.3) is 5.91 Å². The summed E-state index contributed by atoms with van der Waals surface area (Å²) in [5, 5.41) is 18.8. The minimum Gasteiger partial charge on any atom is -0.396 e. The quantitative estimate of drug-likeness (QED) is 0.762. The van der Waals surface area contributed by atoms with E-state index in [0.29, 0.717) is 18.7 Å². The average molecular weight is 287 g/mol. The Hall–Kier alpha value is -2.14. The summed E-state index contributed by atoms with van der Waals surface area (Å²) >= 11 is 0. The van der Waals surface area contributed by atoms with Crippen LogP contribution in [0.3, 0.4) is 0 Å². The van der Waals surface area contributed by atoms with Crippen molar-refractivity contribution in [1.82, 2.24) is 15.5 Å². The van der Waals surface area contributed by atoms with Gasteiger partial charge in [-0.15, -0.1) is 0 Å². The SMILES string of the molecule is CC(C)(CCO)CNC(=O)c1cc(-c2ccccc2)n[nH]1. The normalized spacial score (nSPS) is 11.4. The molecule has 1 aromatic carbocycles. The Balaban J connectivity index is 2.00. The number of nitrogens with zero attached hydrogens (tertiary/aromatic N) is 1. The summed E-state index contributed by atoms with van der Waals surface area (Å²) in [5.41, 5.74) is 2.02. The van der Waals surface area contributed by atoms with Crippen LogP contribution < -0.4 is 5.32 Å². The van der Waals surface area contributed by atoms with Crippen molar-refractivity contribution in [2.45, 2.75) is 20.3 Å². The number of carbonyl (C=O) groups is 1. The summed E-state index contributed by atoms with van der Waals surface area (Å²) in [6.45, 7) is 4.63. The van der Waals surface area contributed by atoms with E-state index in [1.54, 1.807) is 6.07 Å². The van der Waals surface area contributed by atoms with Gasteiger partial charge in [0.15, 0.2) is 0 Å². The van der Waals surface area contributed by atoms with E-state index in [1.165, 1.54) is 0 Å². The Morgan fingerprint density at radius 1 is 1.33 bits per heavy atom. The van der Waals surface area contributed by atoms with E-state index in [4.69, 9.17) is 5.11 Å². The van der Waals surface area contributed by atoms with Crippen molar-refractivity contribution in [2.75, 3.05) is 13.2 Å². The molecule has 3 N–H and O–H groups in total. The highest BCUT2D eigenvalue weighted by atomic mass is 16.3. The second-order valence-corrected chi connectivity index (χ2v) is 5.85. The zero-order valence-corrected chi connectivity index (χ0v) is 12.4. The molecule has 0 fully saturated rings. The fourth-order valence-electron chi connectivity index (χ4n) is 2.00. The molecule has 5 heteroatoms. The third-order valence-electron chi connectivity index (χ3n) is 3.41. The van der Waals surface area contributed by atoms with Gasteiger partial charge in [0, 0.05) is 18.7 Å². The fourth-order valence-corrected chi connectivity index (χ4v) is 2.00. The first-order valence-corrected chi connectivity index (χ1v) is 7.02. The van der Waals surface area contributed by atoms with E-state index in [0.717, 1.165) is 11.3 Å². The number of aliphatic hydroxyl groups excluding tert-OH is 1. The van der Waals surface area contributed by atoms with Gasteiger partial charge in [-0.1, -0.05) is 44.2 Å². The standard InChI is InChI=1S/C16H21N3O2/c1-16(2,8-9-20)11-17-15(21)14-10-13(18-19-14)12-6-4-3-5-7-12/h3-7,10,20H,8-9,11H2,1-2H3,(H,17,21)(H,18,19). The van der Waals surface area contributed by atoms with E-state index in [-0.39, 0.29) is 17.9 Å². The lowest BCUT2D eigenvalue weighted by atomic mass is 9.90. The lowest BCUT2D eigenvalue weighted by Crippen LogP contribution is -2.34. The minimum atomic E-state index is -0.185. The van der Waals surface area contributed by atoms with Crippen LogP contribution in [0, 0.1) is 5.41 Å². The molecule has 5 nitrogen and oxygen atoms in total. The lowest BCUT2D eigenvalue weighted by molar-refractivity contribution is 0.0923. The number of hydrogen-bond acceptors (Lipinski definition) is 3. The van der Waals surface area contributed by atoms with Crippen LogP contribution >= 0.6 is 0 Å². The number of aromatic nitrogens is 2. The van der Waals surface area contributed by atoms with Gasteiger partial charge in [-0.3, -0.25) is 9.89 Å². The number of rotatable bonds is 6. The Bertz CT molecular complexity index is 591. The molecule has 0 aliphatic carbocycles. The van der Waals surface area contributed by atoms with Crippen LogP contribution in [0.25, 0.3) is 11.3 Å². The number of carbonyl (C=O) groups excluding carboxylic acids is 1. The highest BCUT2D eigenvalue weighted by Gasteiger charge is 2.19. The highest BCUT2D eigenvalue weighted by molar-refractivity contribution is 5.93. The Labute approximate surface area is 124 Å². The average Bonchev–Trinajstić information content (AvgIpc) is 2.96. The first kappa shape index (κ1) is 15.3. The monoisotopic (exact) mass is 287 g/mol. The topological polar surface area (TPSA) is 78.0 Å². The van der Waals surface area contributed by atoms with Crippen molar-refractivity contribution in [2.24, 2.45) is 5.41 Å². The molecule has 0 unspecified atom stereocenters. The summed E-state index contributed by atoms with van der Waals surface area (Å²) in [7, 11) is 0. The third-order valence-corrected chi connectivity index (χ3v) is 3.41. The van der Waals surface area contributed by atoms with Crippen LogP contribution in [0.1, 0.15) is 30.8 Å². The minimum absolute atomic E-state index is 0.116. The van der Waals surface area contributed by atoms with E-state index in [2.05, 4.69) is 15.5 Å². The molecule has 112 valence electrons. The summed E-state index contributed by atoms with van der Waals surface area (Å²) in [6.07, 6.45) is 0.644. The molecule has 0 bridgehead atoms. The number of nitrogens with one attached hydrogen (secondary N) is 2. The van der Waals surface area contributed by atoms with Gasteiger partial charge in [-0.05, 0) is 17.9 Å². The first-order valence-electron chi connectivity index (χ1n) is 7.02. The Morgan fingerprint density at radius 3 is 2.71 bits per heavy atom. The van der Waals surface area contributed by atoms with Crippen molar-refractivity contribution < 1.29 is 9.90 Å². The van der Waals surface area contributed by atoms with Gasteiger partial charge in [-0.25, -0.2) is 0 Å². The maximum Gasteiger partial charge on any atom is 0.269 e. The van der Waals surface area contributed by atoms with Gasteiger partial charge in [0.2, 0.25) is 0 Å². The predicted molar refractivity (Wildman–Crippen MR) is 81.8 cm³/mol. The molecule has 2 aromatic rings. The van der Waals surface area contributed by atoms with Gasteiger partial charge in [-0.2, -0.15) is 5.10 Å². The summed E-state index contributed by atoms with van der Waals surface area (Å²) in [4.78, 5) is 12.1. The fraction of sp³-hybridized carbons (Fsp3) is 0.375. The van der Waals surface area contributed by atoms with Gasteiger partial charge >= 0.3 is 0 Å². The van der Waals surface area contributed by atoms with Gasteiger partial charge in [0.05, 0.1) is 5.69 Å². The van der Waals surface area contributed by atoms with Crippen LogP contribution in [-0.2, 0) is 0 Å². The maximum atomic E-state index is 12.1. The van der Waals surface area contributed by atoms with Crippen LogP contribution in [-0.4, -0.2) is 34.4 Å². The molecule has 0 radical (unpaired) electrons. The molecule has 1 amide bonds. The van der Waals surface area contributed by atoms with Crippen LogP contribution in [0.4, 0.5) is 0 Å². The molecule has 0 aliphatic heterocycles. The Kier molecular flexibility index (Phi) is 4.75. The molecule has 2 rings (SSSR count). The molecular formula is C16H21N3O2. The molecule has 0 saturated heterocycles. The van der Waals surface area contributed by atoms with Crippen molar-refractivity contribution in [3.8, 4) is 11.3 Å². The number of hydrogen-bond donors (Lipinski definition) is 3. The molecule has 0 atom stereocenters. The van der Waals surface area contributed by atoms with Gasteiger partial charge in [0.1, 0.15) is 5.69 Å². The lowest BCUT2D eigenvalue weighted by Gasteiger charge is -2.23. The van der Waals surface area contributed by atoms with Crippen LogP contribution in [0.5, 0.6) is 0 Å². The molecular weight excluding hydrogens is 266 g/mol. The number of aliphatic hydroxyl groups is 1. The van der Waals surface area contributed by atoms with E-state index in [1.807, 2.05) is 44.2 Å². The molecule has 21 heavy (non-hydrogen) atoms. The van der Waals surface area contributed by atoms with Crippen molar-refractivity contribution in [3.63, 3.8) is 0 Å². The number of benzene rings is 1. The molecule has 1 heterocycles. The van der Waals surface area contributed by atoms with E-state index >= 15 is 0 Å². The summed E-state index contributed by atoms with van der Waals surface area (Å²) in [5.74, 6) is -0.185. The van der Waals surface area contributed by atoms with Crippen molar-refractivity contribution >= 4 is 5.91 Å². The van der Waals surface area contributed by atoms with Crippen LogP contribution in [0.15, 0.2) is 36.4 Å². The first-order chi connectivity index (χ1) is 10.0. The second kappa shape index (κ2) is 6.54. The molecule has 0 aliphatic rings. The number of H-pyrrole nitrogens is 1.